The second kappa shape index (κ2) is 5.66. The normalized spacial score (nSPS) is 14.6. The van der Waals surface area contributed by atoms with Crippen LogP contribution in [-0.2, 0) is 0 Å². The molecule has 1 aliphatic rings. The van der Waals surface area contributed by atoms with Gasteiger partial charge in [-0.1, -0.05) is 17.7 Å². The van der Waals surface area contributed by atoms with E-state index >= 15 is 0 Å². The summed E-state index contributed by atoms with van der Waals surface area (Å²) in [4.78, 5) is 9.46. The number of aliphatic hydroxyl groups is 1. The number of ether oxygens (including phenoxy) is 1. The summed E-state index contributed by atoms with van der Waals surface area (Å²) in [6.07, 6.45) is 0. The molecule has 0 saturated heterocycles. The smallest absolute Gasteiger partial charge is 0.145 e. The first kappa shape index (κ1) is 15.3. The summed E-state index contributed by atoms with van der Waals surface area (Å²) in [5.41, 5.74) is 4.01. The minimum absolute atomic E-state index is 0.136. The molecule has 3 N–H and O–H groups in total. The van der Waals surface area contributed by atoms with Crippen LogP contribution in [0.4, 0.5) is 5.69 Å². The zero-order valence-corrected chi connectivity index (χ0v) is 14.0. The predicted molar refractivity (Wildman–Crippen MR) is 98.4 cm³/mol. The second-order valence-electron chi connectivity index (χ2n) is 6.06. The van der Waals surface area contributed by atoms with Crippen LogP contribution in [-0.4, -0.2) is 34.6 Å². The first-order valence-corrected chi connectivity index (χ1v) is 7.96. The number of rotatable bonds is 3. The topological polar surface area (TPSA) is 85.2 Å². The minimum Gasteiger partial charge on any atom is -0.509 e. The van der Waals surface area contributed by atoms with Crippen LogP contribution in [0.1, 0.15) is 11.4 Å². The summed E-state index contributed by atoms with van der Waals surface area (Å²) >= 11 is 0. The molecule has 4 rings (SSSR count). The number of hydrogen-bond donors (Lipinski definition) is 3. The Morgan fingerprint density at radius 3 is 2.68 bits per heavy atom. The van der Waals surface area contributed by atoms with Crippen molar-refractivity contribution in [1.82, 2.24) is 9.97 Å². The van der Waals surface area contributed by atoms with E-state index in [1.807, 2.05) is 49.4 Å². The molecule has 1 aliphatic heterocycles. The number of aromatic amines is 1. The fourth-order valence-electron chi connectivity index (χ4n) is 3.01. The molecule has 0 radical (unpaired) electrons. The lowest BCUT2D eigenvalue weighted by molar-refractivity contribution is 0.411. The monoisotopic (exact) mass is 334 g/mol. The molecule has 6 heteroatoms. The van der Waals surface area contributed by atoms with E-state index in [0.717, 1.165) is 28.0 Å². The molecule has 3 aromatic rings. The molecule has 6 nitrogen and oxygen atoms in total. The zero-order valence-electron chi connectivity index (χ0n) is 14.0. The molecule has 0 spiro atoms. The van der Waals surface area contributed by atoms with Crippen molar-refractivity contribution in [2.75, 3.05) is 18.6 Å². The molecule has 0 bridgehead atoms. The highest BCUT2D eigenvalue weighted by molar-refractivity contribution is 6.30. The Bertz CT molecular complexity index is 1000. The summed E-state index contributed by atoms with van der Waals surface area (Å²) in [6, 6.07) is 13.4. The number of nitrogens with zero attached hydrogens (tertiary/aromatic N) is 2. The van der Waals surface area contributed by atoms with E-state index in [-0.39, 0.29) is 18.1 Å². The molecule has 0 atom stereocenters. The molecule has 0 unspecified atom stereocenters. The van der Waals surface area contributed by atoms with E-state index in [9.17, 15) is 5.11 Å². The van der Waals surface area contributed by atoms with Gasteiger partial charge >= 0.3 is 0 Å². The summed E-state index contributed by atoms with van der Waals surface area (Å²) in [7, 11) is 1.61. The van der Waals surface area contributed by atoms with Crippen molar-refractivity contribution in [2.24, 2.45) is 0 Å². The maximum absolute atomic E-state index is 10.4. The van der Waals surface area contributed by atoms with Crippen molar-refractivity contribution >= 4 is 28.1 Å². The molecule has 2 heterocycles. The van der Waals surface area contributed by atoms with Gasteiger partial charge in [0.25, 0.3) is 0 Å². The zero-order chi connectivity index (χ0) is 17.6. The maximum atomic E-state index is 10.4. The number of nitrogens with one attached hydrogen (secondary N) is 2. The van der Waals surface area contributed by atoms with Crippen molar-refractivity contribution in [3.05, 3.63) is 59.6 Å². The first-order valence-electron chi connectivity index (χ1n) is 7.96. The van der Waals surface area contributed by atoms with Gasteiger partial charge in [0.15, 0.2) is 0 Å². The summed E-state index contributed by atoms with van der Waals surface area (Å²) in [5, 5.41) is 18.9. The van der Waals surface area contributed by atoms with E-state index < -0.39 is 0 Å². The third kappa shape index (κ3) is 2.52. The van der Waals surface area contributed by atoms with E-state index in [0.29, 0.717) is 11.4 Å². The maximum Gasteiger partial charge on any atom is 0.145 e. The number of aliphatic hydroxyl groups excluding tert-OH is 1. The van der Waals surface area contributed by atoms with Crippen LogP contribution >= 0.6 is 0 Å². The summed E-state index contributed by atoms with van der Waals surface area (Å²) < 4.78 is 5.22. The third-order valence-electron chi connectivity index (χ3n) is 4.37. The van der Waals surface area contributed by atoms with Crippen molar-refractivity contribution in [3.8, 4) is 5.75 Å². The van der Waals surface area contributed by atoms with Crippen LogP contribution < -0.4 is 9.64 Å². The number of methoxy groups -OCH3 is 1. The van der Waals surface area contributed by atoms with Crippen LogP contribution in [0.5, 0.6) is 5.75 Å². The van der Waals surface area contributed by atoms with Crippen LogP contribution in [0.15, 0.2) is 48.2 Å². The number of aryl methyl sites for hydroxylation is 1. The van der Waals surface area contributed by atoms with Crippen LogP contribution in [0, 0.1) is 12.3 Å². The average Bonchev–Trinajstić information content (AvgIpc) is 3.15. The first-order chi connectivity index (χ1) is 12.1. The fraction of sp³-hybridized carbons (Fsp3) is 0.158. The van der Waals surface area contributed by atoms with Gasteiger partial charge < -0.3 is 19.7 Å². The Morgan fingerprint density at radius 1 is 1.20 bits per heavy atom. The molecule has 126 valence electrons. The van der Waals surface area contributed by atoms with Gasteiger partial charge in [0, 0.05) is 11.8 Å². The van der Waals surface area contributed by atoms with Crippen LogP contribution in [0.25, 0.3) is 16.6 Å². The summed E-state index contributed by atoms with van der Waals surface area (Å²) in [6.45, 7) is 2.28. The highest BCUT2D eigenvalue weighted by Gasteiger charge is 2.31. The van der Waals surface area contributed by atoms with E-state index in [1.165, 1.54) is 0 Å². The lowest BCUT2D eigenvalue weighted by atomic mass is 10.2. The van der Waals surface area contributed by atoms with E-state index in [2.05, 4.69) is 9.97 Å². The molecule has 2 aromatic carbocycles. The lowest BCUT2D eigenvalue weighted by Gasteiger charge is -2.18. The second-order valence-corrected chi connectivity index (χ2v) is 6.06. The molecule has 0 aliphatic carbocycles. The largest absolute Gasteiger partial charge is 0.509 e. The van der Waals surface area contributed by atoms with Crippen molar-refractivity contribution in [1.29, 1.82) is 5.41 Å². The number of fused-ring (bicyclic) bond motifs is 1. The van der Waals surface area contributed by atoms with Crippen molar-refractivity contribution < 1.29 is 9.84 Å². The molecule has 1 aromatic heterocycles. The Kier molecular flexibility index (Phi) is 3.46. The van der Waals surface area contributed by atoms with Gasteiger partial charge in [-0.05, 0) is 31.2 Å². The minimum atomic E-state index is 0.136. The van der Waals surface area contributed by atoms with E-state index in [1.54, 1.807) is 12.0 Å². The molecular weight excluding hydrogens is 316 g/mol. The third-order valence-corrected chi connectivity index (χ3v) is 4.37. The highest BCUT2D eigenvalue weighted by atomic mass is 16.5. The van der Waals surface area contributed by atoms with Gasteiger partial charge in [-0.2, -0.15) is 0 Å². The van der Waals surface area contributed by atoms with Gasteiger partial charge in [-0.25, -0.2) is 4.98 Å². The quantitative estimate of drug-likeness (QED) is 0.682. The Hall–Kier alpha value is -3.28. The molecule has 0 fully saturated rings. The van der Waals surface area contributed by atoms with Crippen LogP contribution in [0.3, 0.4) is 0 Å². The Labute approximate surface area is 144 Å². The van der Waals surface area contributed by atoms with Gasteiger partial charge in [-0.3, -0.25) is 5.41 Å². The Balaban J connectivity index is 1.71. The molecule has 0 amide bonds. The predicted octanol–water partition coefficient (Wildman–Crippen LogP) is 3.65. The van der Waals surface area contributed by atoms with Gasteiger partial charge in [0.05, 0.1) is 30.3 Å². The summed E-state index contributed by atoms with van der Waals surface area (Å²) in [5.74, 6) is 1.58. The average molecular weight is 334 g/mol. The number of anilines is 1. The molecular formula is C19H18N4O2. The van der Waals surface area contributed by atoms with Gasteiger partial charge in [-0.15, -0.1) is 0 Å². The van der Waals surface area contributed by atoms with E-state index in [4.69, 9.17) is 10.1 Å². The lowest BCUT2D eigenvalue weighted by Crippen LogP contribution is -2.26. The molecule has 0 saturated carbocycles. The van der Waals surface area contributed by atoms with Gasteiger partial charge in [0.1, 0.15) is 23.2 Å². The Morgan fingerprint density at radius 2 is 1.96 bits per heavy atom. The van der Waals surface area contributed by atoms with Crippen molar-refractivity contribution in [3.63, 3.8) is 0 Å². The SMILES string of the molecule is COc1ccc2nc(C3=C(O)CN(c4ccc(C)cc4)C3=N)[nH]c2c1. The standard InChI is InChI=1S/C19H18N4O2/c1-11-3-5-12(6-4-11)23-10-16(24)17(18(23)20)19-21-14-8-7-13(25-2)9-15(14)22-19/h3-9,20,24H,10H2,1-2H3,(H,21,22). The van der Waals surface area contributed by atoms with Crippen molar-refractivity contribution in [2.45, 2.75) is 6.92 Å². The van der Waals surface area contributed by atoms with Gasteiger partial charge in [0.2, 0.25) is 0 Å². The number of hydrogen-bond acceptors (Lipinski definition) is 4. The number of aromatic nitrogens is 2. The highest BCUT2D eigenvalue weighted by Crippen LogP contribution is 2.31. The number of H-pyrrole nitrogens is 1. The number of benzene rings is 2. The molecule has 25 heavy (non-hydrogen) atoms. The number of imidazole rings is 1. The number of amidine groups is 1. The van der Waals surface area contributed by atoms with Crippen LogP contribution in [0.2, 0.25) is 0 Å². The fourth-order valence-corrected chi connectivity index (χ4v) is 3.01.